The van der Waals surface area contributed by atoms with E-state index in [0.717, 1.165) is 6.54 Å². The summed E-state index contributed by atoms with van der Waals surface area (Å²) in [7, 11) is 3.38. The highest BCUT2D eigenvalue weighted by Gasteiger charge is 2.21. The van der Waals surface area contributed by atoms with Gasteiger partial charge in [-0.2, -0.15) is 0 Å². The van der Waals surface area contributed by atoms with Crippen LogP contribution in [0.15, 0.2) is 0 Å². The summed E-state index contributed by atoms with van der Waals surface area (Å²) in [6.07, 6.45) is 0. The monoisotopic (exact) mass is 234 g/mol. The molecule has 4 nitrogen and oxygen atoms in total. The van der Waals surface area contributed by atoms with Crippen LogP contribution in [0.1, 0.15) is 13.8 Å². The molecule has 0 aliphatic rings. The van der Waals surface area contributed by atoms with E-state index in [4.69, 9.17) is 27.4 Å². The first-order chi connectivity index (χ1) is 7.04. The van der Waals surface area contributed by atoms with E-state index in [-0.39, 0.29) is 12.1 Å². The maximum atomic E-state index is 5.65. The number of nitrogens with two attached hydrogens (primary N) is 1. The van der Waals surface area contributed by atoms with E-state index in [9.17, 15) is 0 Å². The molecule has 2 unspecified atom stereocenters. The first-order valence-electron chi connectivity index (χ1n) is 5.07. The third-order valence-electron chi connectivity index (χ3n) is 2.44. The van der Waals surface area contributed by atoms with Gasteiger partial charge in [0.05, 0.1) is 24.2 Å². The van der Waals surface area contributed by atoms with E-state index < -0.39 is 0 Å². The van der Waals surface area contributed by atoms with Crippen molar-refractivity contribution in [2.45, 2.75) is 25.9 Å². The maximum Gasteiger partial charge on any atom is 0.0899 e. The highest BCUT2D eigenvalue weighted by molar-refractivity contribution is 7.80. The molecule has 0 saturated carbocycles. The highest BCUT2D eigenvalue weighted by Crippen LogP contribution is 2.06. The highest BCUT2D eigenvalue weighted by atomic mass is 32.1. The lowest BCUT2D eigenvalue weighted by molar-refractivity contribution is 0.0674. The van der Waals surface area contributed by atoms with Crippen LogP contribution in [0.3, 0.4) is 0 Å². The molecule has 0 aromatic carbocycles. The van der Waals surface area contributed by atoms with Gasteiger partial charge in [-0.25, -0.2) is 0 Å². The fraction of sp³-hybridized carbons (Fsp3) is 0.900. The molecular formula is C10H22N2O2S. The van der Waals surface area contributed by atoms with Crippen molar-refractivity contribution in [3.05, 3.63) is 0 Å². The van der Waals surface area contributed by atoms with Gasteiger partial charge >= 0.3 is 0 Å². The van der Waals surface area contributed by atoms with Crippen molar-refractivity contribution in [3.63, 3.8) is 0 Å². The second-order valence-corrected chi connectivity index (χ2v) is 4.08. The number of thiocarbonyl (C=S) groups is 1. The molecule has 0 saturated heterocycles. The summed E-state index contributed by atoms with van der Waals surface area (Å²) in [4.78, 5) is 2.70. The molecule has 0 aromatic heterocycles. The third-order valence-corrected chi connectivity index (χ3v) is 2.78. The van der Waals surface area contributed by atoms with Crippen LogP contribution in [-0.2, 0) is 9.47 Å². The molecule has 2 atom stereocenters. The standard InChI is InChI=1S/C10H22N2O2S/c1-8(7-14-4)12(5-6-13-3)9(2)10(11)15/h8-9H,5-7H2,1-4H3,(H2,11,15). The minimum Gasteiger partial charge on any atom is -0.392 e. The van der Waals surface area contributed by atoms with Crippen molar-refractivity contribution in [1.82, 2.24) is 4.90 Å². The quantitative estimate of drug-likeness (QED) is 0.625. The molecule has 90 valence electrons. The molecule has 0 heterocycles. The van der Waals surface area contributed by atoms with Crippen molar-refractivity contribution >= 4 is 17.2 Å². The van der Waals surface area contributed by atoms with E-state index in [2.05, 4.69) is 11.8 Å². The van der Waals surface area contributed by atoms with Gasteiger partial charge in [0.2, 0.25) is 0 Å². The molecule has 0 spiro atoms. The van der Waals surface area contributed by atoms with Gasteiger partial charge in [0.15, 0.2) is 0 Å². The molecule has 0 bridgehead atoms. The minimum atomic E-state index is 0.0697. The first-order valence-corrected chi connectivity index (χ1v) is 5.48. The molecule has 0 aliphatic carbocycles. The summed E-state index contributed by atoms with van der Waals surface area (Å²) in [5.41, 5.74) is 5.65. The van der Waals surface area contributed by atoms with Gasteiger partial charge in [0, 0.05) is 26.8 Å². The van der Waals surface area contributed by atoms with Crippen molar-refractivity contribution < 1.29 is 9.47 Å². The van der Waals surface area contributed by atoms with Crippen molar-refractivity contribution in [2.24, 2.45) is 5.73 Å². The van der Waals surface area contributed by atoms with E-state index in [1.165, 1.54) is 0 Å². The summed E-state index contributed by atoms with van der Waals surface area (Å²) < 4.78 is 10.2. The molecule has 0 amide bonds. The SMILES string of the molecule is COCCN(C(C)COC)C(C)C(N)=S. The summed E-state index contributed by atoms with van der Waals surface area (Å²) in [5.74, 6) is 0. The molecule has 0 aliphatic heterocycles. The average Bonchev–Trinajstić information content (AvgIpc) is 2.18. The molecule has 2 N–H and O–H groups in total. The van der Waals surface area contributed by atoms with E-state index in [0.29, 0.717) is 18.2 Å². The molecule has 15 heavy (non-hydrogen) atoms. The Morgan fingerprint density at radius 2 is 1.93 bits per heavy atom. The van der Waals surface area contributed by atoms with Crippen LogP contribution in [-0.4, -0.2) is 56.0 Å². The molecular weight excluding hydrogens is 212 g/mol. The van der Waals surface area contributed by atoms with E-state index in [1.54, 1.807) is 14.2 Å². The van der Waals surface area contributed by atoms with Crippen molar-refractivity contribution in [1.29, 1.82) is 0 Å². The van der Waals surface area contributed by atoms with Crippen LogP contribution in [0, 0.1) is 0 Å². The van der Waals surface area contributed by atoms with E-state index >= 15 is 0 Å². The number of nitrogens with zero attached hydrogens (tertiary/aromatic N) is 1. The van der Waals surface area contributed by atoms with Crippen LogP contribution in [0.4, 0.5) is 0 Å². The van der Waals surface area contributed by atoms with E-state index in [1.807, 2.05) is 6.92 Å². The van der Waals surface area contributed by atoms with Gasteiger partial charge in [-0.1, -0.05) is 12.2 Å². The predicted molar refractivity (Wildman–Crippen MR) is 66.2 cm³/mol. The Kier molecular flexibility index (Phi) is 7.86. The Labute approximate surface area is 97.7 Å². The summed E-state index contributed by atoms with van der Waals surface area (Å²) >= 11 is 5.00. The lowest BCUT2D eigenvalue weighted by Crippen LogP contribution is -2.49. The van der Waals surface area contributed by atoms with Crippen LogP contribution < -0.4 is 5.73 Å². The number of ether oxygens (including phenoxy) is 2. The van der Waals surface area contributed by atoms with Gasteiger partial charge in [-0.05, 0) is 13.8 Å². The van der Waals surface area contributed by atoms with Gasteiger partial charge in [-0.3, -0.25) is 4.90 Å². The number of methoxy groups -OCH3 is 2. The maximum absolute atomic E-state index is 5.65. The first kappa shape index (κ1) is 14.8. The smallest absolute Gasteiger partial charge is 0.0899 e. The lowest BCUT2D eigenvalue weighted by Gasteiger charge is -2.33. The second kappa shape index (κ2) is 7.98. The largest absolute Gasteiger partial charge is 0.392 e. The number of hydrogen-bond acceptors (Lipinski definition) is 4. The van der Waals surface area contributed by atoms with Gasteiger partial charge in [0.25, 0.3) is 0 Å². The Hall–Kier alpha value is -0.230. The lowest BCUT2D eigenvalue weighted by atomic mass is 10.2. The molecule has 5 heteroatoms. The zero-order valence-corrected chi connectivity index (χ0v) is 10.8. The number of hydrogen-bond donors (Lipinski definition) is 1. The predicted octanol–water partition coefficient (Wildman–Crippen LogP) is 0.644. The zero-order chi connectivity index (χ0) is 11.8. The molecule has 0 rings (SSSR count). The summed E-state index contributed by atoms with van der Waals surface area (Å²) in [6, 6.07) is 0.349. The molecule has 0 fully saturated rings. The number of rotatable bonds is 8. The molecule has 0 radical (unpaired) electrons. The Balaban J connectivity index is 4.34. The third kappa shape index (κ3) is 5.41. The van der Waals surface area contributed by atoms with Crippen LogP contribution in [0.2, 0.25) is 0 Å². The summed E-state index contributed by atoms with van der Waals surface area (Å²) in [6.45, 7) is 6.23. The zero-order valence-electron chi connectivity index (χ0n) is 10.0. The van der Waals surface area contributed by atoms with Crippen LogP contribution in [0.25, 0.3) is 0 Å². The van der Waals surface area contributed by atoms with Gasteiger partial charge < -0.3 is 15.2 Å². The Bertz CT molecular complexity index is 190. The Morgan fingerprint density at radius 1 is 1.33 bits per heavy atom. The van der Waals surface area contributed by atoms with Gasteiger partial charge in [0.1, 0.15) is 0 Å². The van der Waals surface area contributed by atoms with Gasteiger partial charge in [-0.15, -0.1) is 0 Å². The topological polar surface area (TPSA) is 47.7 Å². The normalized spacial score (nSPS) is 15.3. The summed E-state index contributed by atoms with van der Waals surface area (Å²) in [5, 5.41) is 0. The minimum absolute atomic E-state index is 0.0697. The fourth-order valence-electron chi connectivity index (χ4n) is 1.49. The fourth-order valence-corrected chi connectivity index (χ4v) is 1.63. The Morgan fingerprint density at radius 3 is 2.33 bits per heavy atom. The molecule has 0 aromatic rings. The average molecular weight is 234 g/mol. The van der Waals surface area contributed by atoms with Crippen LogP contribution >= 0.6 is 12.2 Å². The second-order valence-electron chi connectivity index (χ2n) is 3.61. The van der Waals surface area contributed by atoms with Crippen molar-refractivity contribution in [2.75, 3.05) is 34.0 Å². The van der Waals surface area contributed by atoms with Crippen LogP contribution in [0.5, 0.6) is 0 Å². The van der Waals surface area contributed by atoms with Crippen molar-refractivity contribution in [3.8, 4) is 0 Å².